The van der Waals surface area contributed by atoms with Crippen LogP contribution in [0.25, 0.3) is 0 Å². The third-order valence-corrected chi connectivity index (χ3v) is 9.75. The third-order valence-electron chi connectivity index (χ3n) is 9.24. The molecule has 3 aromatic rings. The fraction of sp³-hybridized carbons (Fsp3) is 0.429. The first-order valence-corrected chi connectivity index (χ1v) is 16.2. The van der Waals surface area contributed by atoms with Crippen LogP contribution in [-0.4, -0.2) is 72.5 Å². The lowest BCUT2D eigenvalue weighted by Crippen LogP contribution is -2.57. The maximum Gasteiger partial charge on any atom is 0.211 e. The summed E-state index contributed by atoms with van der Waals surface area (Å²) in [7, 11) is 1.67. The molecule has 6 rings (SSSR count). The molecular weight excluding hydrogens is 595 g/mol. The zero-order chi connectivity index (χ0) is 30.8. The van der Waals surface area contributed by atoms with Gasteiger partial charge >= 0.3 is 0 Å². The summed E-state index contributed by atoms with van der Waals surface area (Å²) in [6.45, 7) is 6.96. The quantitative estimate of drug-likeness (QED) is 0.234. The van der Waals surface area contributed by atoms with Crippen molar-refractivity contribution in [1.29, 1.82) is 0 Å². The van der Waals surface area contributed by atoms with Crippen LogP contribution in [0.15, 0.2) is 71.7 Å². The Morgan fingerprint density at radius 2 is 1.64 bits per heavy atom. The maximum absolute atomic E-state index is 12.6. The van der Waals surface area contributed by atoms with E-state index < -0.39 is 5.54 Å². The molecule has 2 unspecified atom stereocenters. The number of carbonyl (C=O) groups is 1. The summed E-state index contributed by atoms with van der Waals surface area (Å²) in [5.74, 6) is 1.42. The van der Waals surface area contributed by atoms with Gasteiger partial charge in [0.15, 0.2) is 0 Å². The molecule has 0 aliphatic carbocycles. The number of methoxy groups -OCH3 is 1. The van der Waals surface area contributed by atoms with Crippen LogP contribution >= 0.6 is 23.2 Å². The smallest absolute Gasteiger partial charge is 0.211 e. The highest BCUT2D eigenvalue weighted by Crippen LogP contribution is 2.55. The van der Waals surface area contributed by atoms with E-state index in [0.29, 0.717) is 28.4 Å². The second-order valence-electron chi connectivity index (χ2n) is 12.2. The second kappa shape index (κ2) is 13.0. The molecule has 0 spiro atoms. The Morgan fingerprint density at radius 1 is 0.955 bits per heavy atom. The summed E-state index contributed by atoms with van der Waals surface area (Å²) in [6, 6.07) is 21.8. The highest BCUT2D eigenvalue weighted by atomic mass is 35.5. The zero-order valence-corrected chi connectivity index (χ0v) is 27.0. The van der Waals surface area contributed by atoms with Gasteiger partial charge in [0.25, 0.3) is 0 Å². The fourth-order valence-corrected chi connectivity index (χ4v) is 7.47. The molecule has 4 atom stereocenters. The van der Waals surface area contributed by atoms with Gasteiger partial charge in [-0.05, 0) is 99.8 Å². The number of hydrogen-bond donors (Lipinski definition) is 0. The van der Waals surface area contributed by atoms with Crippen LogP contribution < -0.4 is 9.47 Å². The van der Waals surface area contributed by atoms with Crippen LogP contribution in [-0.2, 0) is 10.3 Å². The summed E-state index contributed by atoms with van der Waals surface area (Å²) in [4.78, 5) is 24.9. The number of hydrogen-bond acceptors (Lipinski definition) is 6. The van der Waals surface area contributed by atoms with Crippen molar-refractivity contribution >= 4 is 36.0 Å². The lowest BCUT2D eigenvalue weighted by Gasteiger charge is -2.48. The van der Waals surface area contributed by atoms with E-state index in [4.69, 9.17) is 37.7 Å². The van der Waals surface area contributed by atoms with E-state index in [1.54, 1.807) is 7.11 Å². The van der Waals surface area contributed by atoms with Crippen molar-refractivity contribution in [2.24, 2.45) is 4.99 Å². The molecule has 3 aliphatic rings. The predicted octanol–water partition coefficient (Wildman–Crippen LogP) is 7.16. The van der Waals surface area contributed by atoms with Crippen molar-refractivity contribution in [3.05, 3.63) is 93.5 Å². The molecule has 44 heavy (non-hydrogen) atoms. The Kier molecular flexibility index (Phi) is 9.08. The zero-order valence-electron chi connectivity index (χ0n) is 25.5. The number of aliphatic imine (C=N–C) groups is 1. The van der Waals surface area contributed by atoms with Crippen LogP contribution in [0, 0.1) is 0 Å². The SMILES string of the molecule is COc1ccc(OC(C)C)c([C@]2(c3ccc(Cl)cc3)N=CN(C3CC(N4CCCC4)CCN3C=O)[C@@H]2c2ccc(Cl)cc2)c1. The molecule has 0 bridgehead atoms. The lowest BCUT2D eigenvalue weighted by molar-refractivity contribution is -0.126. The van der Waals surface area contributed by atoms with Crippen molar-refractivity contribution in [2.75, 3.05) is 26.7 Å². The van der Waals surface area contributed by atoms with Crippen LogP contribution in [0.2, 0.25) is 10.0 Å². The average Bonchev–Trinajstić information content (AvgIpc) is 3.71. The van der Waals surface area contributed by atoms with Crippen LogP contribution in [0.5, 0.6) is 11.5 Å². The number of amides is 1. The Hall–Kier alpha value is -3.26. The Labute approximate surface area is 270 Å². The monoisotopic (exact) mass is 634 g/mol. The summed E-state index contributed by atoms with van der Waals surface area (Å²) in [5.41, 5.74) is 1.88. The highest BCUT2D eigenvalue weighted by molar-refractivity contribution is 6.30. The Bertz CT molecular complexity index is 1480. The van der Waals surface area contributed by atoms with Gasteiger partial charge in [-0.15, -0.1) is 0 Å². The lowest BCUT2D eigenvalue weighted by atomic mass is 9.74. The first kappa shape index (κ1) is 30.8. The molecule has 0 aromatic heterocycles. The molecule has 232 valence electrons. The van der Waals surface area contributed by atoms with Crippen LogP contribution in [0.3, 0.4) is 0 Å². The summed E-state index contributed by atoms with van der Waals surface area (Å²) < 4.78 is 12.2. The molecule has 0 radical (unpaired) electrons. The number of halogens is 2. The molecule has 2 fully saturated rings. The summed E-state index contributed by atoms with van der Waals surface area (Å²) >= 11 is 12.9. The van der Waals surface area contributed by atoms with Gasteiger partial charge in [0.05, 0.1) is 25.6 Å². The maximum atomic E-state index is 12.6. The number of carbonyl (C=O) groups excluding carboxylic acids is 1. The minimum absolute atomic E-state index is 0.0648. The number of ether oxygens (including phenoxy) is 2. The molecular formula is C35H40Cl2N4O3. The average molecular weight is 636 g/mol. The van der Waals surface area contributed by atoms with E-state index in [2.05, 4.69) is 21.9 Å². The van der Waals surface area contributed by atoms with Crippen molar-refractivity contribution in [2.45, 2.75) is 69.4 Å². The van der Waals surface area contributed by atoms with Gasteiger partial charge in [-0.2, -0.15) is 0 Å². The van der Waals surface area contributed by atoms with Gasteiger partial charge in [-0.1, -0.05) is 47.5 Å². The first-order valence-electron chi connectivity index (χ1n) is 15.5. The van der Waals surface area contributed by atoms with Crippen molar-refractivity contribution in [1.82, 2.24) is 14.7 Å². The van der Waals surface area contributed by atoms with Crippen molar-refractivity contribution in [3.63, 3.8) is 0 Å². The van der Waals surface area contributed by atoms with E-state index in [-0.39, 0.29) is 18.3 Å². The minimum atomic E-state index is -0.966. The van der Waals surface area contributed by atoms with E-state index in [1.165, 1.54) is 12.8 Å². The largest absolute Gasteiger partial charge is 0.497 e. The van der Waals surface area contributed by atoms with Crippen LogP contribution in [0.1, 0.15) is 62.3 Å². The molecule has 9 heteroatoms. The van der Waals surface area contributed by atoms with Gasteiger partial charge in [-0.3, -0.25) is 9.79 Å². The molecule has 3 heterocycles. The van der Waals surface area contributed by atoms with Gasteiger partial charge in [0, 0.05) is 34.6 Å². The number of nitrogens with zero attached hydrogens (tertiary/aromatic N) is 4. The third kappa shape index (κ3) is 5.78. The van der Waals surface area contributed by atoms with Crippen molar-refractivity contribution < 1.29 is 14.3 Å². The standard InChI is InChI=1S/C35H40Cl2N4O3/c1-24(2)44-32-15-14-30(43-3)21-31(32)35(26-8-12-28(37)13-9-26)34(25-6-10-27(36)11-7-25)41(22-38-35)33-20-29(16-19-40(33)23-42)39-17-4-5-18-39/h6-15,21-24,29,33-34H,4-5,16-20H2,1-3H3/t29?,33?,34-,35+/m1/s1. The number of likely N-dealkylation sites (tertiary alicyclic amines) is 2. The van der Waals surface area contributed by atoms with Gasteiger partial charge < -0.3 is 24.2 Å². The van der Waals surface area contributed by atoms with Crippen LogP contribution in [0.4, 0.5) is 0 Å². The van der Waals surface area contributed by atoms with Gasteiger partial charge in [0.1, 0.15) is 23.2 Å². The van der Waals surface area contributed by atoms with Gasteiger partial charge in [-0.25, -0.2) is 0 Å². The van der Waals surface area contributed by atoms with E-state index in [0.717, 1.165) is 54.8 Å². The van der Waals surface area contributed by atoms with E-state index in [9.17, 15) is 4.79 Å². The summed E-state index contributed by atoms with van der Waals surface area (Å²) in [6.07, 6.45) is 6.95. The number of benzene rings is 3. The van der Waals surface area contributed by atoms with Gasteiger partial charge in [0.2, 0.25) is 6.41 Å². The highest BCUT2D eigenvalue weighted by Gasteiger charge is 2.53. The topological polar surface area (TPSA) is 57.6 Å². The predicted molar refractivity (Wildman–Crippen MR) is 176 cm³/mol. The minimum Gasteiger partial charge on any atom is -0.497 e. The Balaban J connectivity index is 1.57. The number of piperidine rings is 1. The normalized spacial score (nSPS) is 25.5. The van der Waals surface area contributed by atoms with E-state index in [1.807, 2.05) is 79.7 Å². The number of rotatable bonds is 9. The molecule has 3 aliphatic heterocycles. The molecule has 1 amide bonds. The Morgan fingerprint density at radius 3 is 2.27 bits per heavy atom. The first-order chi connectivity index (χ1) is 21.3. The van der Waals surface area contributed by atoms with E-state index >= 15 is 0 Å². The molecule has 7 nitrogen and oxygen atoms in total. The second-order valence-corrected chi connectivity index (χ2v) is 13.1. The fourth-order valence-electron chi connectivity index (χ4n) is 7.22. The molecule has 0 saturated carbocycles. The molecule has 3 aromatic carbocycles. The molecule has 2 saturated heterocycles. The van der Waals surface area contributed by atoms with Crippen molar-refractivity contribution in [3.8, 4) is 11.5 Å². The summed E-state index contributed by atoms with van der Waals surface area (Å²) in [5, 5.41) is 1.30. The molecule has 0 N–H and O–H groups in total.